The molecule has 0 bridgehead atoms. The summed E-state index contributed by atoms with van der Waals surface area (Å²) in [6.45, 7) is 0.966. The van der Waals surface area contributed by atoms with Crippen LogP contribution >= 0.6 is 0 Å². The Morgan fingerprint density at radius 2 is 1.65 bits per heavy atom. The second kappa shape index (κ2) is 13.5. The number of ketones is 1. The number of Topliss-reactive ketones (excluding diaryl/α,β-unsaturated/α-hetero) is 1. The molecule has 43 heavy (non-hydrogen) atoms. The fourth-order valence-corrected chi connectivity index (χ4v) is 6.20. The van der Waals surface area contributed by atoms with Gasteiger partial charge in [-0.25, -0.2) is 13.4 Å². The minimum Gasteiger partial charge on any atom is -0.330 e. The molecule has 1 aromatic heterocycles. The first-order valence-corrected chi connectivity index (χ1v) is 16.4. The Morgan fingerprint density at radius 3 is 2.28 bits per heavy atom. The van der Waals surface area contributed by atoms with Crippen LogP contribution in [0.4, 0.5) is 5.69 Å². The quantitative estimate of drug-likeness (QED) is 0.321. The number of nitrogens with one attached hydrogen (secondary N) is 1. The number of nitrogens with zero attached hydrogens (tertiary/aromatic N) is 4. The molecular weight excluding hydrogens is 564 g/mol. The molecule has 0 saturated heterocycles. The molecule has 3 aromatic rings. The van der Waals surface area contributed by atoms with E-state index >= 15 is 0 Å². The summed E-state index contributed by atoms with van der Waals surface area (Å²) in [5.74, 6) is 0.325. The third kappa shape index (κ3) is 7.85. The maximum atomic E-state index is 13.6. The van der Waals surface area contributed by atoms with Crippen LogP contribution in [-0.2, 0) is 25.8 Å². The number of sulfone groups is 1. The number of pyridine rings is 1. The molecule has 224 valence electrons. The molecular formula is C32H36N6O4S. The average molecular weight is 601 g/mol. The number of nitrogens with two attached hydrogens (primary N) is 1. The third-order valence-corrected chi connectivity index (χ3v) is 9.30. The molecule has 0 unspecified atom stereocenters. The molecule has 1 saturated carbocycles. The lowest BCUT2D eigenvalue weighted by Crippen LogP contribution is -2.31. The summed E-state index contributed by atoms with van der Waals surface area (Å²) >= 11 is 0. The van der Waals surface area contributed by atoms with Gasteiger partial charge in [-0.3, -0.25) is 14.6 Å². The molecule has 1 fully saturated rings. The van der Waals surface area contributed by atoms with E-state index in [1.54, 1.807) is 24.4 Å². The van der Waals surface area contributed by atoms with E-state index in [2.05, 4.69) is 25.5 Å². The minimum atomic E-state index is -3.39. The van der Waals surface area contributed by atoms with Crippen molar-refractivity contribution in [1.82, 2.24) is 4.98 Å². The lowest BCUT2D eigenvalue weighted by atomic mass is 9.77. The number of aromatic nitrogens is 1. The Labute approximate surface area is 251 Å². The number of aliphatic imine (C=N–C) groups is 1. The first-order valence-electron chi connectivity index (χ1n) is 14.5. The Bertz CT molecular complexity index is 1630. The second-order valence-electron chi connectivity index (χ2n) is 11.3. The summed E-state index contributed by atoms with van der Waals surface area (Å²) in [5.41, 5.74) is 9.67. The molecule has 5 rings (SSSR count). The average Bonchev–Trinajstić information content (AvgIpc) is 3.56. The van der Waals surface area contributed by atoms with E-state index in [1.807, 2.05) is 36.4 Å². The van der Waals surface area contributed by atoms with Crippen molar-refractivity contribution in [3.63, 3.8) is 0 Å². The van der Waals surface area contributed by atoms with Gasteiger partial charge in [-0.15, -0.1) is 5.11 Å². The van der Waals surface area contributed by atoms with Gasteiger partial charge in [0.1, 0.15) is 5.78 Å². The number of amides is 1. The van der Waals surface area contributed by atoms with Gasteiger partial charge in [0.25, 0.3) is 0 Å². The molecule has 11 heteroatoms. The minimum absolute atomic E-state index is 0.0456. The Balaban J connectivity index is 1.31. The molecule has 10 nitrogen and oxygen atoms in total. The predicted octanol–water partition coefficient (Wildman–Crippen LogP) is 4.84. The number of anilines is 1. The SMILES string of the molecule is CS(=O)(=O)c1cncc(-c2ccc(C[C@H](CC(=O)C3CCC(CN)CC3)C(=O)Nc3ccc(C4=NCN=N4)cc3)cc2)c1. The first-order chi connectivity index (χ1) is 20.7. The first kappa shape index (κ1) is 30.4. The molecule has 1 aliphatic carbocycles. The van der Waals surface area contributed by atoms with Crippen LogP contribution in [0.1, 0.15) is 43.2 Å². The van der Waals surface area contributed by atoms with E-state index in [1.165, 1.54) is 6.20 Å². The molecule has 1 atom stereocenters. The zero-order chi connectivity index (χ0) is 30.4. The lowest BCUT2D eigenvalue weighted by molar-refractivity contribution is -0.129. The summed E-state index contributed by atoms with van der Waals surface area (Å²) in [6, 6.07) is 16.4. The number of carbonyl (C=O) groups excluding carboxylic acids is 2. The van der Waals surface area contributed by atoms with Crippen molar-refractivity contribution >= 4 is 33.1 Å². The normalized spacial score (nSPS) is 19.1. The van der Waals surface area contributed by atoms with Gasteiger partial charge in [-0.2, -0.15) is 5.11 Å². The maximum Gasteiger partial charge on any atom is 0.228 e. The molecule has 2 aromatic carbocycles. The van der Waals surface area contributed by atoms with Crippen LogP contribution in [0.5, 0.6) is 0 Å². The van der Waals surface area contributed by atoms with Crippen LogP contribution < -0.4 is 11.1 Å². The third-order valence-electron chi connectivity index (χ3n) is 8.22. The Morgan fingerprint density at radius 1 is 0.953 bits per heavy atom. The van der Waals surface area contributed by atoms with Crippen molar-refractivity contribution in [3.05, 3.63) is 78.1 Å². The van der Waals surface area contributed by atoms with E-state index in [9.17, 15) is 18.0 Å². The number of amidine groups is 1. The molecule has 1 amide bonds. The van der Waals surface area contributed by atoms with E-state index in [-0.39, 0.29) is 28.9 Å². The zero-order valence-electron chi connectivity index (χ0n) is 24.1. The van der Waals surface area contributed by atoms with Gasteiger partial charge in [0, 0.05) is 53.7 Å². The number of hydrogen-bond acceptors (Lipinski definition) is 9. The van der Waals surface area contributed by atoms with Gasteiger partial charge < -0.3 is 11.1 Å². The van der Waals surface area contributed by atoms with Gasteiger partial charge >= 0.3 is 0 Å². The fraction of sp³-hybridized carbons (Fsp3) is 0.375. The standard InChI is InChI=1S/C32H36N6O4S/c1-43(41,42)29-15-27(18-34-19-29)23-6-2-21(3-7-23)14-26(16-30(39)24-8-4-22(17-33)5-9-24)32(40)37-28-12-10-25(11-13-28)31-35-20-36-38-31/h2-3,6-7,10-13,15,18-19,22,24,26H,4-5,8-9,14,16-17,20,33H2,1H3,(H,37,40)/t22?,24?,26-/m1/s1. The predicted molar refractivity (Wildman–Crippen MR) is 165 cm³/mol. The second-order valence-corrected chi connectivity index (χ2v) is 13.4. The van der Waals surface area contributed by atoms with Crippen molar-refractivity contribution in [2.24, 2.45) is 38.7 Å². The van der Waals surface area contributed by atoms with Gasteiger partial charge in [-0.1, -0.05) is 24.3 Å². The highest BCUT2D eigenvalue weighted by Crippen LogP contribution is 2.31. The monoisotopic (exact) mass is 600 g/mol. The number of hydrogen-bond donors (Lipinski definition) is 2. The molecule has 2 aliphatic rings. The van der Waals surface area contributed by atoms with Crippen LogP contribution in [0.3, 0.4) is 0 Å². The summed E-state index contributed by atoms with van der Waals surface area (Å²) in [5, 5.41) is 10.9. The van der Waals surface area contributed by atoms with Gasteiger partial charge in [-0.05, 0) is 86.0 Å². The number of azo groups is 1. The highest BCUT2D eigenvalue weighted by Gasteiger charge is 2.30. The number of benzene rings is 2. The highest BCUT2D eigenvalue weighted by molar-refractivity contribution is 7.90. The largest absolute Gasteiger partial charge is 0.330 e. The highest BCUT2D eigenvalue weighted by atomic mass is 32.2. The topological polar surface area (TPSA) is 156 Å². The Hall–Kier alpha value is -4.09. The van der Waals surface area contributed by atoms with Crippen LogP contribution in [0.25, 0.3) is 11.1 Å². The molecule has 1 aliphatic heterocycles. The lowest BCUT2D eigenvalue weighted by Gasteiger charge is -2.27. The molecule has 0 spiro atoms. The van der Waals surface area contributed by atoms with Gasteiger partial charge in [0.05, 0.1) is 4.90 Å². The van der Waals surface area contributed by atoms with Crippen LogP contribution in [0.2, 0.25) is 0 Å². The molecule has 0 radical (unpaired) electrons. The molecule has 3 N–H and O–H groups in total. The van der Waals surface area contributed by atoms with Crippen molar-refractivity contribution in [2.75, 3.05) is 24.8 Å². The Kier molecular flexibility index (Phi) is 9.52. The fourth-order valence-electron chi connectivity index (χ4n) is 5.61. The number of rotatable bonds is 11. The summed E-state index contributed by atoms with van der Waals surface area (Å²) < 4.78 is 23.9. The maximum absolute atomic E-state index is 13.6. The number of carbonyl (C=O) groups is 2. The van der Waals surface area contributed by atoms with E-state index < -0.39 is 15.8 Å². The van der Waals surface area contributed by atoms with Crippen molar-refractivity contribution < 1.29 is 18.0 Å². The van der Waals surface area contributed by atoms with Crippen LogP contribution in [0, 0.1) is 17.8 Å². The van der Waals surface area contributed by atoms with Crippen molar-refractivity contribution in [3.8, 4) is 11.1 Å². The van der Waals surface area contributed by atoms with Gasteiger partial charge in [0.15, 0.2) is 22.3 Å². The van der Waals surface area contributed by atoms with E-state index in [0.29, 0.717) is 42.6 Å². The van der Waals surface area contributed by atoms with Crippen LogP contribution in [-0.4, -0.2) is 50.4 Å². The molecule has 2 heterocycles. The van der Waals surface area contributed by atoms with Crippen LogP contribution in [0.15, 0.2) is 87.1 Å². The van der Waals surface area contributed by atoms with E-state index in [4.69, 9.17) is 5.73 Å². The zero-order valence-corrected chi connectivity index (χ0v) is 25.0. The van der Waals surface area contributed by atoms with Gasteiger partial charge in [0.2, 0.25) is 5.91 Å². The van der Waals surface area contributed by atoms with Crippen molar-refractivity contribution in [1.29, 1.82) is 0 Å². The summed E-state index contributed by atoms with van der Waals surface area (Å²) in [7, 11) is -3.39. The van der Waals surface area contributed by atoms with Crippen molar-refractivity contribution in [2.45, 2.75) is 43.4 Å². The smallest absolute Gasteiger partial charge is 0.228 e. The summed E-state index contributed by atoms with van der Waals surface area (Å²) in [6.07, 6.45) is 8.14. The summed E-state index contributed by atoms with van der Waals surface area (Å²) in [4.78, 5) is 35.4. The van der Waals surface area contributed by atoms with E-state index in [0.717, 1.165) is 48.6 Å².